The Kier molecular flexibility index (Phi) is 6.12. The van der Waals surface area contributed by atoms with Crippen LogP contribution in [0.15, 0.2) is 47.5 Å². The zero-order valence-corrected chi connectivity index (χ0v) is 16.1. The average molecular weight is 413 g/mol. The molecule has 1 aliphatic heterocycles. The number of benzene rings is 1. The fourth-order valence-electron chi connectivity index (χ4n) is 3.18. The van der Waals surface area contributed by atoms with E-state index in [1.165, 1.54) is 31.0 Å². The second kappa shape index (κ2) is 8.38. The largest absolute Gasteiger partial charge is 0.501 e. The highest BCUT2D eigenvalue weighted by atomic mass is 32.2. The quantitative estimate of drug-likeness (QED) is 0.789. The number of para-hydroxylation sites is 1. The summed E-state index contributed by atoms with van der Waals surface area (Å²) in [6, 6.07) is 8.76. The molecule has 1 aliphatic rings. The predicted octanol–water partition coefficient (Wildman–Crippen LogP) is 4.37. The van der Waals surface area contributed by atoms with Crippen molar-refractivity contribution in [1.82, 2.24) is 4.98 Å². The summed E-state index contributed by atoms with van der Waals surface area (Å²) in [4.78, 5) is 5.91. The van der Waals surface area contributed by atoms with E-state index in [1.54, 1.807) is 6.20 Å². The molecule has 1 saturated heterocycles. The Bertz CT molecular complexity index is 891. The van der Waals surface area contributed by atoms with Crippen LogP contribution in [0.2, 0.25) is 0 Å². The summed E-state index contributed by atoms with van der Waals surface area (Å²) in [5.74, 6) is 0.880. The van der Waals surface area contributed by atoms with Crippen LogP contribution in [0.5, 0.6) is 0 Å². The first-order chi connectivity index (χ1) is 13.3. The molecular weight excluding hydrogens is 391 g/mol. The molecule has 0 radical (unpaired) electrons. The molecule has 1 aromatic carbocycles. The Morgan fingerprint density at radius 2 is 1.68 bits per heavy atom. The van der Waals surface area contributed by atoms with E-state index in [0.29, 0.717) is 0 Å². The number of alkyl halides is 3. The van der Waals surface area contributed by atoms with E-state index in [-0.39, 0.29) is 12.2 Å². The number of nitrogens with one attached hydrogen (secondary N) is 1. The standard InChI is InChI=1S/C19H22F3N3O2S/c20-19(21,22)28(26,27)17-8-4-3-7-16(17)23-13-15-9-10-18(24-14-15)25-11-5-1-2-6-12-25/h3-4,7-10,14,23H,1-2,5-6,11-13H2. The van der Waals surface area contributed by atoms with Gasteiger partial charge in [0.1, 0.15) is 5.82 Å². The summed E-state index contributed by atoms with van der Waals surface area (Å²) in [6.07, 6.45) is 6.37. The normalized spacial score (nSPS) is 15.9. The first-order valence-electron chi connectivity index (χ1n) is 9.13. The fraction of sp³-hybridized carbons (Fsp3) is 0.421. The van der Waals surface area contributed by atoms with Gasteiger partial charge >= 0.3 is 5.51 Å². The van der Waals surface area contributed by atoms with E-state index in [1.807, 2.05) is 12.1 Å². The highest BCUT2D eigenvalue weighted by Gasteiger charge is 2.47. The van der Waals surface area contributed by atoms with Gasteiger partial charge in [-0.15, -0.1) is 0 Å². The third kappa shape index (κ3) is 4.57. The van der Waals surface area contributed by atoms with Gasteiger partial charge < -0.3 is 10.2 Å². The van der Waals surface area contributed by atoms with Crippen LogP contribution in [0.1, 0.15) is 31.2 Å². The Hall–Kier alpha value is -2.29. The molecule has 0 amide bonds. The van der Waals surface area contributed by atoms with Gasteiger partial charge in [0.2, 0.25) is 0 Å². The van der Waals surface area contributed by atoms with E-state index in [0.717, 1.165) is 43.4 Å². The van der Waals surface area contributed by atoms with Crippen molar-refractivity contribution in [2.75, 3.05) is 23.3 Å². The van der Waals surface area contributed by atoms with Gasteiger partial charge in [-0.3, -0.25) is 0 Å². The molecule has 0 saturated carbocycles. The van der Waals surface area contributed by atoms with Crippen molar-refractivity contribution in [3.05, 3.63) is 48.2 Å². The van der Waals surface area contributed by atoms with Crippen LogP contribution in [0.25, 0.3) is 0 Å². The smallest absolute Gasteiger partial charge is 0.380 e. The van der Waals surface area contributed by atoms with E-state index in [4.69, 9.17) is 0 Å². The minimum absolute atomic E-state index is 0.0866. The maximum atomic E-state index is 12.9. The molecule has 2 heterocycles. The Labute approximate surface area is 162 Å². The Balaban J connectivity index is 1.71. The van der Waals surface area contributed by atoms with Crippen molar-refractivity contribution in [3.63, 3.8) is 0 Å². The third-order valence-corrected chi connectivity index (χ3v) is 6.25. The molecule has 0 aliphatic carbocycles. The van der Waals surface area contributed by atoms with E-state index in [9.17, 15) is 21.6 Å². The first kappa shape index (κ1) is 20.4. The molecule has 152 valence electrons. The zero-order valence-electron chi connectivity index (χ0n) is 15.2. The molecule has 3 rings (SSSR count). The van der Waals surface area contributed by atoms with Crippen LogP contribution in [0, 0.1) is 0 Å². The van der Waals surface area contributed by atoms with Gasteiger partial charge in [-0.05, 0) is 36.6 Å². The van der Waals surface area contributed by atoms with E-state index in [2.05, 4.69) is 15.2 Å². The van der Waals surface area contributed by atoms with Crippen LogP contribution >= 0.6 is 0 Å². The number of rotatable bonds is 5. The second-order valence-electron chi connectivity index (χ2n) is 6.72. The molecule has 5 nitrogen and oxygen atoms in total. The molecule has 1 aromatic heterocycles. The maximum absolute atomic E-state index is 12.9. The van der Waals surface area contributed by atoms with Crippen molar-refractivity contribution in [2.45, 2.75) is 42.6 Å². The Morgan fingerprint density at radius 1 is 1.00 bits per heavy atom. The lowest BCUT2D eigenvalue weighted by molar-refractivity contribution is -0.0435. The summed E-state index contributed by atoms with van der Waals surface area (Å²) < 4.78 is 62.1. The van der Waals surface area contributed by atoms with Gasteiger partial charge in [0.05, 0.1) is 10.6 Å². The summed E-state index contributed by atoms with van der Waals surface area (Å²) in [6.45, 7) is 2.10. The van der Waals surface area contributed by atoms with Crippen LogP contribution in [-0.2, 0) is 16.4 Å². The molecule has 0 unspecified atom stereocenters. The van der Waals surface area contributed by atoms with Gasteiger partial charge in [0.25, 0.3) is 9.84 Å². The molecular formula is C19H22F3N3O2S. The molecule has 1 N–H and O–H groups in total. The molecule has 0 atom stereocenters. The number of aromatic nitrogens is 1. The lowest BCUT2D eigenvalue weighted by Crippen LogP contribution is -2.25. The van der Waals surface area contributed by atoms with Crippen LogP contribution < -0.4 is 10.2 Å². The van der Waals surface area contributed by atoms with Crippen molar-refractivity contribution in [2.24, 2.45) is 0 Å². The molecule has 28 heavy (non-hydrogen) atoms. The summed E-state index contributed by atoms with van der Waals surface area (Å²) in [5.41, 5.74) is -4.68. The highest BCUT2D eigenvalue weighted by molar-refractivity contribution is 7.92. The van der Waals surface area contributed by atoms with Crippen molar-refractivity contribution in [1.29, 1.82) is 0 Å². The topological polar surface area (TPSA) is 62.3 Å². The molecule has 0 spiro atoms. The number of nitrogens with zero attached hydrogens (tertiary/aromatic N) is 2. The number of sulfone groups is 1. The number of pyridine rings is 1. The van der Waals surface area contributed by atoms with Crippen molar-refractivity contribution in [3.8, 4) is 0 Å². The molecule has 1 fully saturated rings. The lowest BCUT2D eigenvalue weighted by Gasteiger charge is -2.21. The van der Waals surface area contributed by atoms with Gasteiger partial charge in [0, 0.05) is 25.8 Å². The molecule has 9 heteroatoms. The van der Waals surface area contributed by atoms with Crippen molar-refractivity contribution < 1.29 is 21.6 Å². The number of hydrogen-bond acceptors (Lipinski definition) is 5. The summed E-state index contributed by atoms with van der Waals surface area (Å²) >= 11 is 0. The Morgan fingerprint density at radius 3 is 2.29 bits per heavy atom. The highest BCUT2D eigenvalue weighted by Crippen LogP contribution is 2.34. The van der Waals surface area contributed by atoms with E-state index < -0.39 is 20.2 Å². The van der Waals surface area contributed by atoms with Gasteiger partial charge in [-0.1, -0.05) is 31.0 Å². The van der Waals surface area contributed by atoms with Crippen molar-refractivity contribution >= 4 is 21.3 Å². The van der Waals surface area contributed by atoms with Gasteiger partial charge in [-0.25, -0.2) is 13.4 Å². The van der Waals surface area contributed by atoms with Crippen LogP contribution in [0.3, 0.4) is 0 Å². The second-order valence-corrected chi connectivity index (χ2v) is 8.63. The third-order valence-electron chi connectivity index (χ3n) is 4.70. The monoisotopic (exact) mass is 413 g/mol. The number of hydrogen-bond donors (Lipinski definition) is 1. The minimum atomic E-state index is -5.42. The minimum Gasteiger partial charge on any atom is -0.380 e. The van der Waals surface area contributed by atoms with Crippen LogP contribution in [-0.4, -0.2) is 32.0 Å². The SMILES string of the molecule is O=S(=O)(c1ccccc1NCc1ccc(N2CCCCCC2)nc1)C(F)(F)F. The number of anilines is 2. The number of halogens is 3. The first-order valence-corrected chi connectivity index (χ1v) is 10.6. The summed E-state index contributed by atoms with van der Waals surface area (Å²) in [7, 11) is -5.42. The molecule has 0 bridgehead atoms. The van der Waals surface area contributed by atoms with Gasteiger partial charge in [-0.2, -0.15) is 13.2 Å². The average Bonchev–Trinajstić information content (AvgIpc) is 2.95. The fourth-order valence-corrected chi connectivity index (χ4v) is 4.11. The molecule has 2 aromatic rings. The van der Waals surface area contributed by atoms with Gasteiger partial charge in [0.15, 0.2) is 0 Å². The maximum Gasteiger partial charge on any atom is 0.501 e. The lowest BCUT2D eigenvalue weighted by atomic mass is 10.2. The van der Waals surface area contributed by atoms with E-state index >= 15 is 0 Å². The van der Waals surface area contributed by atoms with Crippen LogP contribution in [0.4, 0.5) is 24.7 Å². The summed E-state index contributed by atoms with van der Waals surface area (Å²) in [5, 5.41) is 2.78. The predicted molar refractivity (Wildman–Crippen MR) is 102 cm³/mol. The zero-order chi connectivity index (χ0) is 20.2.